The highest BCUT2D eigenvalue weighted by Gasteiger charge is 2.21. The smallest absolute Gasteiger partial charge is 0.239 e. The summed E-state index contributed by atoms with van der Waals surface area (Å²) in [4.78, 5) is 24.3. The van der Waals surface area contributed by atoms with Gasteiger partial charge in [0.25, 0.3) is 0 Å². The minimum absolute atomic E-state index is 0.0475. The van der Waals surface area contributed by atoms with E-state index in [0.29, 0.717) is 25.4 Å². The molecule has 14 heavy (non-hydrogen) atoms. The highest BCUT2D eigenvalue weighted by Crippen LogP contribution is 2.09. The van der Waals surface area contributed by atoms with E-state index in [4.69, 9.17) is 0 Å². The van der Waals surface area contributed by atoms with Crippen molar-refractivity contribution in [2.45, 2.75) is 26.7 Å². The van der Waals surface area contributed by atoms with Gasteiger partial charge in [-0.05, 0) is 5.92 Å². The fraction of sp³-hybridized carbons (Fsp3) is 0.800. The van der Waals surface area contributed by atoms with E-state index < -0.39 is 0 Å². The molecule has 1 heterocycles. The number of carbonyl (C=O) groups excluding carboxylic acids is 2. The predicted molar refractivity (Wildman–Crippen MR) is 53.7 cm³/mol. The van der Waals surface area contributed by atoms with Crippen LogP contribution in [0.5, 0.6) is 0 Å². The second-order valence-corrected chi connectivity index (χ2v) is 3.88. The summed E-state index contributed by atoms with van der Waals surface area (Å²) in [6.07, 6.45) is 1.57. The van der Waals surface area contributed by atoms with Gasteiger partial charge in [-0.25, -0.2) is 0 Å². The summed E-state index contributed by atoms with van der Waals surface area (Å²) in [5.74, 6) is 0.468. The lowest BCUT2D eigenvalue weighted by Gasteiger charge is -2.27. The third-order valence-electron chi connectivity index (χ3n) is 2.61. The van der Waals surface area contributed by atoms with Gasteiger partial charge in [-0.2, -0.15) is 0 Å². The normalized spacial score (nSPS) is 19.0. The molecule has 0 aromatic heterocycles. The fourth-order valence-electron chi connectivity index (χ4n) is 1.42. The largest absolute Gasteiger partial charge is 0.353 e. The van der Waals surface area contributed by atoms with Crippen molar-refractivity contribution in [2.75, 3.05) is 19.6 Å². The molecule has 1 saturated heterocycles. The molecule has 1 unspecified atom stereocenters. The maximum atomic E-state index is 11.7. The zero-order valence-electron chi connectivity index (χ0n) is 8.88. The zero-order valence-corrected chi connectivity index (χ0v) is 8.88. The molecular weight excluding hydrogens is 180 g/mol. The Morgan fingerprint density at radius 1 is 1.64 bits per heavy atom. The molecule has 0 saturated carbocycles. The lowest BCUT2D eigenvalue weighted by Crippen LogP contribution is -2.50. The van der Waals surface area contributed by atoms with Crippen LogP contribution in [-0.2, 0) is 9.59 Å². The first kappa shape index (κ1) is 11.0. The third kappa shape index (κ3) is 3.01. The van der Waals surface area contributed by atoms with E-state index in [2.05, 4.69) is 19.2 Å². The van der Waals surface area contributed by atoms with Crippen LogP contribution in [0.3, 0.4) is 0 Å². The van der Waals surface area contributed by atoms with Crippen LogP contribution in [0.15, 0.2) is 0 Å². The zero-order chi connectivity index (χ0) is 10.6. The lowest BCUT2D eigenvalue weighted by molar-refractivity contribution is -0.138. The highest BCUT2D eigenvalue weighted by molar-refractivity contribution is 5.85. The molecule has 0 spiro atoms. The van der Waals surface area contributed by atoms with E-state index in [0.717, 1.165) is 6.42 Å². The van der Waals surface area contributed by atoms with Crippen molar-refractivity contribution in [1.29, 1.82) is 0 Å². The molecule has 1 fully saturated rings. The molecular formula is C10H18N2O2. The van der Waals surface area contributed by atoms with Crippen LogP contribution in [-0.4, -0.2) is 36.3 Å². The number of piperazine rings is 1. The Bertz CT molecular complexity index is 228. The Morgan fingerprint density at radius 3 is 2.93 bits per heavy atom. The highest BCUT2D eigenvalue weighted by atomic mass is 16.2. The van der Waals surface area contributed by atoms with Crippen LogP contribution < -0.4 is 5.32 Å². The predicted octanol–water partition coefficient (Wildman–Crippen LogP) is 0.381. The Hall–Kier alpha value is -1.06. The summed E-state index contributed by atoms with van der Waals surface area (Å²) in [5, 5.41) is 2.70. The molecule has 0 aromatic carbocycles. The molecule has 0 radical (unpaired) electrons. The molecule has 1 rings (SSSR count). The van der Waals surface area contributed by atoms with Crippen LogP contribution in [0.4, 0.5) is 0 Å². The third-order valence-corrected chi connectivity index (χ3v) is 2.61. The molecule has 4 nitrogen and oxygen atoms in total. The van der Waals surface area contributed by atoms with Gasteiger partial charge in [0.15, 0.2) is 0 Å². The summed E-state index contributed by atoms with van der Waals surface area (Å²) in [5.41, 5.74) is 0. The van der Waals surface area contributed by atoms with E-state index in [1.807, 2.05) is 0 Å². The van der Waals surface area contributed by atoms with Crippen LogP contribution >= 0.6 is 0 Å². The van der Waals surface area contributed by atoms with Gasteiger partial charge >= 0.3 is 0 Å². The van der Waals surface area contributed by atoms with Crippen LogP contribution in [0.2, 0.25) is 0 Å². The average Bonchev–Trinajstić information content (AvgIpc) is 2.17. The maximum absolute atomic E-state index is 11.7. The van der Waals surface area contributed by atoms with Crippen molar-refractivity contribution in [1.82, 2.24) is 10.2 Å². The average molecular weight is 198 g/mol. The first-order valence-electron chi connectivity index (χ1n) is 5.18. The number of hydrogen-bond acceptors (Lipinski definition) is 2. The number of amides is 2. The number of carbonyl (C=O) groups is 2. The van der Waals surface area contributed by atoms with E-state index in [9.17, 15) is 9.59 Å². The van der Waals surface area contributed by atoms with E-state index in [1.54, 1.807) is 4.90 Å². The Morgan fingerprint density at radius 2 is 2.36 bits per heavy atom. The minimum atomic E-state index is -0.0475. The lowest BCUT2D eigenvalue weighted by atomic mass is 10.0. The second kappa shape index (κ2) is 4.98. The molecule has 0 aromatic rings. The topological polar surface area (TPSA) is 49.4 Å². The SMILES string of the molecule is CCC(C)CC(=O)N1CCNC(=O)C1. The molecule has 0 bridgehead atoms. The van der Waals surface area contributed by atoms with Crippen LogP contribution in [0.25, 0.3) is 0 Å². The standard InChI is InChI=1S/C10H18N2O2/c1-3-8(2)6-10(14)12-5-4-11-9(13)7-12/h8H,3-7H2,1-2H3,(H,11,13). The van der Waals surface area contributed by atoms with Crippen LogP contribution in [0.1, 0.15) is 26.7 Å². The van der Waals surface area contributed by atoms with Crippen molar-refractivity contribution < 1.29 is 9.59 Å². The number of nitrogens with one attached hydrogen (secondary N) is 1. The Balaban J connectivity index is 2.39. The molecule has 0 aliphatic carbocycles. The monoisotopic (exact) mass is 198 g/mol. The van der Waals surface area contributed by atoms with Gasteiger partial charge in [0.2, 0.25) is 11.8 Å². The quantitative estimate of drug-likeness (QED) is 0.712. The number of hydrogen-bond donors (Lipinski definition) is 1. The molecule has 1 aliphatic rings. The van der Waals surface area contributed by atoms with Gasteiger partial charge in [-0.15, -0.1) is 0 Å². The van der Waals surface area contributed by atoms with Crippen molar-refractivity contribution in [3.8, 4) is 0 Å². The van der Waals surface area contributed by atoms with E-state index in [-0.39, 0.29) is 18.4 Å². The van der Waals surface area contributed by atoms with Crippen molar-refractivity contribution in [3.05, 3.63) is 0 Å². The van der Waals surface area contributed by atoms with E-state index >= 15 is 0 Å². The summed E-state index contributed by atoms with van der Waals surface area (Å²) in [6.45, 7) is 5.60. The van der Waals surface area contributed by atoms with Crippen molar-refractivity contribution >= 4 is 11.8 Å². The summed E-state index contributed by atoms with van der Waals surface area (Å²) < 4.78 is 0. The first-order chi connectivity index (χ1) is 6.63. The van der Waals surface area contributed by atoms with Gasteiger partial charge in [0.05, 0.1) is 6.54 Å². The summed E-state index contributed by atoms with van der Waals surface area (Å²) >= 11 is 0. The Kier molecular flexibility index (Phi) is 3.92. The maximum Gasteiger partial charge on any atom is 0.239 e. The fourth-order valence-corrected chi connectivity index (χ4v) is 1.42. The molecule has 2 amide bonds. The van der Waals surface area contributed by atoms with Gasteiger partial charge < -0.3 is 10.2 Å². The molecule has 1 atom stereocenters. The van der Waals surface area contributed by atoms with Gasteiger partial charge in [0, 0.05) is 19.5 Å². The summed E-state index contributed by atoms with van der Waals surface area (Å²) in [6, 6.07) is 0. The van der Waals surface area contributed by atoms with Crippen molar-refractivity contribution in [2.24, 2.45) is 5.92 Å². The molecule has 1 aliphatic heterocycles. The molecule has 80 valence electrons. The van der Waals surface area contributed by atoms with Crippen LogP contribution in [0, 0.1) is 5.92 Å². The molecule has 4 heteroatoms. The van der Waals surface area contributed by atoms with E-state index in [1.165, 1.54) is 0 Å². The minimum Gasteiger partial charge on any atom is -0.353 e. The number of rotatable bonds is 3. The molecule has 1 N–H and O–H groups in total. The van der Waals surface area contributed by atoms with Gasteiger partial charge in [-0.1, -0.05) is 20.3 Å². The Labute approximate surface area is 84.7 Å². The first-order valence-corrected chi connectivity index (χ1v) is 5.18. The van der Waals surface area contributed by atoms with Crippen molar-refractivity contribution in [3.63, 3.8) is 0 Å². The second-order valence-electron chi connectivity index (χ2n) is 3.88. The van der Waals surface area contributed by atoms with Gasteiger partial charge in [-0.3, -0.25) is 9.59 Å². The summed E-state index contributed by atoms with van der Waals surface area (Å²) in [7, 11) is 0. The number of nitrogens with zero attached hydrogens (tertiary/aromatic N) is 1. The van der Waals surface area contributed by atoms with Gasteiger partial charge in [0.1, 0.15) is 0 Å².